The second-order valence-electron chi connectivity index (χ2n) is 10.5. The largest absolute Gasteiger partial charge is 0.493 e. The molecule has 1 heterocycles. The molecule has 214 valence electrons. The molecule has 1 saturated carbocycles. The van der Waals surface area contributed by atoms with Crippen molar-refractivity contribution >= 4 is 5.97 Å². The van der Waals surface area contributed by atoms with E-state index in [0.29, 0.717) is 44.1 Å². The monoisotopic (exact) mass is 547 g/mol. The van der Waals surface area contributed by atoms with Gasteiger partial charge in [0.1, 0.15) is 23.9 Å². The van der Waals surface area contributed by atoms with Gasteiger partial charge in [-0.15, -0.1) is 0 Å². The van der Waals surface area contributed by atoms with Crippen LogP contribution in [-0.2, 0) is 22.7 Å². The van der Waals surface area contributed by atoms with Gasteiger partial charge in [0.15, 0.2) is 0 Å². The molecule has 1 unspecified atom stereocenters. The summed E-state index contributed by atoms with van der Waals surface area (Å²) in [7, 11) is 0. The van der Waals surface area contributed by atoms with Crippen LogP contribution in [0.15, 0.2) is 66.7 Å². The molecule has 0 bridgehead atoms. The van der Waals surface area contributed by atoms with Crippen LogP contribution in [-0.4, -0.2) is 36.7 Å². The van der Waals surface area contributed by atoms with Crippen LogP contribution in [0.2, 0.25) is 0 Å². The highest BCUT2D eigenvalue weighted by Crippen LogP contribution is 2.45. The van der Waals surface area contributed by atoms with Gasteiger partial charge in [0, 0.05) is 19.0 Å². The van der Waals surface area contributed by atoms with Crippen LogP contribution >= 0.6 is 0 Å². The Morgan fingerprint density at radius 2 is 1.57 bits per heavy atom. The summed E-state index contributed by atoms with van der Waals surface area (Å²) in [5.41, 5.74) is 3.88. The quantitative estimate of drug-likeness (QED) is 0.231. The lowest BCUT2D eigenvalue weighted by atomic mass is 9.90. The summed E-state index contributed by atoms with van der Waals surface area (Å²) in [6.07, 6.45) is 3.76. The molecule has 3 aromatic carbocycles. The number of esters is 1. The molecule has 3 atom stereocenters. The van der Waals surface area contributed by atoms with E-state index in [2.05, 4.69) is 17.0 Å². The average molecular weight is 548 g/mol. The maximum absolute atomic E-state index is 13.6. The van der Waals surface area contributed by atoms with Gasteiger partial charge in [-0.05, 0) is 92.4 Å². The van der Waals surface area contributed by atoms with Crippen LogP contribution in [0, 0.1) is 17.7 Å². The Balaban J connectivity index is 0.00000370. The zero-order chi connectivity index (χ0) is 27.2. The summed E-state index contributed by atoms with van der Waals surface area (Å²) in [4.78, 5) is 15.2. The summed E-state index contributed by atoms with van der Waals surface area (Å²) < 4.78 is 31.3. The SMILES string of the molecule is C.CCOc1cc(CN2CC[C@H]3C(CC(=O)OCc4ccccc4)CC[C@H]32)cc(OCC)c1-c1ccc(F)cc1. The number of nitrogens with zero attached hydrogens (tertiary/aromatic N) is 1. The van der Waals surface area contributed by atoms with Crippen LogP contribution in [0.4, 0.5) is 4.39 Å². The maximum Gasteiger partial charge on any atom is 0.306 e. The third-order valence-corrected chi connectivity index (χ3v) is 8.07. The normalized spacial score (nSPS) is 20.0. The van der Waals surface area contributed by atoms with Gasteiger partial charge in [-0.1, -0.05) is 49.9 Å². The summed E-state index contributed by atoms with van der Waals surface area (Å²) in [5.74, 6) is 2.04. The molecule has 2 fully saturated rings. The number of hydrogen-bond acceptors (Lipinski definition) is 5. The molecule has 0 N–H and O–H groups in total. The molecular formula is C34H42FNO4. The number of ether oxygens (including phenoxy) is 3. The first kappa shape index (κ1) is 29.6. The summed E-state index contributed by atoms with van der Waals surface area (Å²) in [6.45, 7) is 7.14. The molecule has 5 nitrogen and oxygen atoms in total. The molecule has 1 saturated heterocycles. The number of carbonyl (C=O) groups is 1. The molecule has 2 aliphatic rings. The van der Waals surface area contributed by atoms with E-state index in [1.54, 1.807) is 12.1 Å². The minimum Gasteiger partial charge on any atom is -0.493 e. The van der Waals surface area contributed by atoms with Gasteiger partial charge in [-0.3, -0.25) is 9.69 Å². The van der Waals surface area contributed by atoms with Crippen molar-refractivity contribution in [2.45, 2.75) is 66.2 Å². The smallest absolute Gasteiger partial charge is 0.306 e. The standard InChI is InChI=1S/C33H38FNO4.CH4/c1-3-37-30-18-24(19-31(38-4-2)33(30)25-10-13-27(34)14-11-25)21-35-17-16-28-26(12-15-29(28)35)20-32(36)39-22-23-8-6-5-7-9-23;/h5-11,13-14,18-19,26,28-29H,3-4,12,15-17,20-22H2,1-2H3;1H4/t26?,28-,29+;/m0./s1. The summed E-state index contributed by atoms with van der Waals surface area (Å²) in [5, 5.41) is 0. The molecule has 5 rings (SSSR count). The van der Waals surface area contributed by atoms with E-state index in [4.69, 9.17) is 14.2 Å². The van der Waals surface area contributed by atoms with Gasteiger partial charge in [-0.2, -0.15) is 0 Å². The van der Waals surface area contributed by atoms with Crippen molar-refractivity contribution in [2.75, 3.05) is 19.8 Å². The number of fused-ring (bicyclic) bond motifs is 1. The molecule has 3 aromatic rings. The zero-order valence-corrected chi connectivity index (χ0v) is 22.9. The molecule has 0 spiro atoms. The first-order valence-electron chi connectivity index (χ1n) is 14.2. The highest BCUT2D eigenvalue weighted by molar-refractivity contribution is 5.77. The van der Waals surface area contributed by atoms with Gasteiger partial charge in [0.25, 0.3) is 0 Å². The average Bonchev–Trinajstić information content (AvgIpc) is 3.52. The predicted molar refractivity (Wildman–Crippen MR) is 157 cm³/mol. The van der Waals surface area contributed by atoms with E-state index in [1.165, 1.54) is 12.1 Å². The number of benzene rings is 3. The van der Waals surface area contributed by atoms with Crippen LogP contribution in [0.1, 0.15) is 58.1 Å². The van der Waals surface area contributed by atoms with E-state index in [1.807, 2.05) is 44.2 Å². The Kier molecular flexibility index (Phi) is 10.2. The van der Waals surface area contributed by atoms with Crippen LogP contribution in [0.25, 0.3) is 11.1 Å². The van der Waals surface area contributed by atoms with Gasteiger partial charge < -0.3 is 14.2 Å². The van der Waals surface area contributed by atoms with Gasteiger partial charge >= 0.3 is 5.97 Å². The third-order valence-electron chi connectivity index (χ3n) is 8.07. The van der Waals surface area contributed by atoms with Crippen molar-refractivity contribution in [3.05, 3.63) is 83.7 Å². The Labute approximate surface area is 238 Å². The van der Waals surface area contributed by atoms with Crippen molar-refractivity contribution < 1.29 is 23.4 Å². The Morgan fingerprint density at radius 3 is 2.23 bits per heavy atom. The minimum atomic E-state index is -0.269. The second kappa shape index (κ2) is 13.8. The van der Waals surface area contributed by atoms with Crippen molar-refractivity contribution in [2.24, 2.45) is 11.8 Å². The third kappa shape index (κ3) is 6.84. The lowest BCUT2D eigenvalue weighted by molar-refractivity contribution is -0.146. The Hall–Kier alpha value is -3.38. The lowest BCUT2D eigenvalue weighted by Gasteiger charge is -2.25. The lowest BCUT2D eigenvalue weighted by Crippen LogP contribution is -2.30. The second-order valence-corrected chi connectivity index (χ2v) is 10.5. The molecule has 0 aromatic heterocycles. The van der Waals surface area contributed by atoms with Crippen LogP contribution in [0.5, 0.6) is 11.5 Å². The fourth-order valence-electron chi connectivity index (χ4n) is 6.36. The highest BCUT2D eigenvalue weighted by Gasteiger charge is 2.44. The topological polar surface area (TPSA) is 48.0 Å². The first-order chi connectivity index (χ1) is 19.1. The zero-order valence-electron chi connectivity index (χ0n) is 22.9. The highest BCUT2D eigenvalue weighted by atomic mass is 19.1. The van der Waals surface area contributed by atoms with E-state index >= 15 is 0 Å². The maximum atomic E-state index is 13.6. The summed E-state index contributed by atoms with van der Waals surface area (Å²) >= 11 is 0. The molecule has 0 radical (unpaired) electrons. The fraction of sp³-hybridized carbons (Fsp3) is 0.441. The number of likely N-dealkylation sites (tertiary alicyclic amines) is 1. The fourth-order valence-corrected chi connectivity index (χ4v) is 6.36. The van der Waals surface area contributed by atoms with Crippen LogP contribution in [0.3, 0.4) is 0 Å². The van der Waals surface area contributed by atoms with Crippen molar-refractivity contribution in [1.29, 1.82) is 0 Å². The molecule has 6 heteroatoms. The molecule has 0 amide bonds. The minimum absolute atomic E-state index is 0. The molecule has 1 aliphatic heterocycles. The van der Waals surface area contributed by atoms with E-state index in [-0.39, 0.29) is 19.2 Å². The van der Waals surface area contributed by atoms with Crippen LogP contribution < -0.4 is 9.47 Å². The molecule has 1 aliphatic carbocycles. The van der Waals surface area contributed by atoms with Crippen molar-refractivity contribution in [3.63, 3.8) is 0 Å². The molecule has 40 heavy (non-hydrogen) atoms. The van der Waals surface area contributed by atoms with Gasteiger partial charge in [0.05, 0.1) is 18.8 Å². The Bertz CT molecular complexity index is 1220. The van der Waals surface area contributed by atoms with E-state index in [0.717, 1.165) is 66.1 Å². The predicted octanol–water partition coefficient (Wildman–Crippen LogP) is 7.66. The van der Waals surface area contributed by atoms with Gasteiger partial charge in [-0.25, -0.2) is 4.39 Å². The number of hydrogen-bond donors (Lipinski definition) is 0. The van der Waals surface area contributed by atoms with E-state index in [9.17, 15) is 9.18 Å². The van der Waals surface area contributed by atoms with E-state index < -0.39 is 0 Å². The van der Waals surface area contributed by atoms with Gasteiger partial charge in [0.2, 0.25) is 0 Å². The summed E-state index contributed by atoms with van der Waals surface area (Å²) in [6, 6.07) is 21.0. The first-order valence-corrected chi connectivity index (χ1v) is 14.2. The van der Waals surface area contributed by atoms with Crippen molar-refractivity contribution in [3.8, 4) is 22.6 Å². The number of halogens is 1. The Morgan fingerprint density at radius 1 is 0.900 bits per heavy atom. The number of carbonyl (C=O) groups excluding carboxylic acids is 1. The van der Waals surface area contributed by atoms with Crippen molar-refractivity contribution in [1.82, 2.24) is 4.90 Å². The number of rotatable bonds is 11. The molecular weight excluding hydrogens is 505 g/mol.